The first kappa shape index (κ1) is 15.2. The monoisotopic (exact) mass is 276 g/mol. The molecule has 0 saturated heterocycles. The third-order valence-corrected chi connectivity index (χ3v) is 4.49. The maximum absolute atomic E-state index is 5.97. The molecular weight excluding hydrogens is 248 g/mol. The van der Waals surface area contributed by atoms with Crippen LogP contribution in [-0.2, 0) is 6.42 Å². The molecule has 1 aliphatic carbocycles. The highest BCUT2D eigenvalue weighted by atomic mass is 15.2. The summed E-state index contributed by atoms with van der Waals surface area (Å²) in [5.41, 5.74) is 7.10. The second kappa shape index (κ2) is 7.02. The molecule has 0 spiro atoms. The van der Waals surface area contributed by atoms with Gasteiger partial charge in [-0.1, -0.05) is 26.7 Å². The van der Waals surface area contributed by atoms with Gasteiger partial charge in [-0.3, -0.25) is 0 Å². The highest BCUT2D eigenvalue weighted by Gasteiger charge is 2.23. The number of aromatic nitrogens is 2. The van der Waals surface area contributed by atoms with Crippen molar-refractivity contribution in [1.29, 1.82) is 0 Å². The fourth-order valence-corrected chi connectivity index (χ4v) is 3.00. The first-order valence-corrected chi connectivity index (χ1v) is 7.89. The fraction of sp³-hybridized carbons (Fsp3) is 0.750. The van der Waals surface area contributed by atoms with Crippen LogP contribution in [0.3, 0.4) is 0 Å². The van der Waals surface area contributed by atoms with Gasteiger partial charge in [-0.25, -0.2) is 9.97 Å². The Bertz CT molecular complexity index is 403. The van der Waals surface area contributed by atoms with Gasteiger partial charge in [0, 0.05) is 31.5 Å². The number of nitrogens with two attached hydrogens (primary N) is 1. The van der Waals surface area contributed by atoms with Crippen LogP contribution in [0.15, 0.2) is 12.4 Å². The van der Waals surface area contributed by atoms with Gasteiger partial charge < -0.3 is 10.6 Å². The fourth-order valence-electron chi connectivity index (χ4n) is 3.00. The van der Waals surface area contributed by atoms with E-state index in [-0.39, 0.29) is 6.04 Å². The van der Waals surface area contributed by atoms with Crippen LogP contribution in [0.5, 0.6) is 0 Å². The number of rotatable bonds is 5. The van der Waals surface area contributed by atoms with E-state index in [1.807, 2.05) is 12.4 Å². The second-order valence-electron chi connectivity index (χ2n) is 6.30. The zero-order chi connectivity index (χ0) is 14.5. The van der Waals surface area contributed by atoms with E-state index >= 15 is 0 Å². The average molecular weight is 276 g/mol. The zero-order valence-electron chi connectivity index (χ0n) is 13.0. The molecule has 2 rings (SSSR count). The summed E-state index contributed by atoms with van der Waals surface area (Å²) >= 11 is 0. The Hall–Kier alpha value is -1.16. The lowest BCUT2D eigenvalue weighted by Crippen LogP contribution is -2.36. The second-order valence-corrected chi connectivity index (χ2v) is 6.30. The summed E-state index contributed by atoms with van der Waals surface area (Å²) in [5.74, 6) is 1.66. The van der Waals surface area contributed by atoms with Crippen molar-refractivity contribution in [2.45, 2.75) is 64.5 Å². The largest absolute Gasteiger partial charge is 0.341 e. The van der Waals surface area contributed by atoms with Gasteiger partial charge in [-0.2, -0.15) is 0 Å². The summed E-state index contributed by atoms with van der Waals surface area (Å²) < 4.78 is 0. The first-order chi connectivity index (χ1) is 9.60. The van der Waals surface area contributed by atoms with E-state index in [9.17, 15) is 0 Å². The average Bonchev–Trinajstić information content (AvgIpc) is 2.47. The first-order valence-electron chi connectivity index (χ1n) is 7.89. The minimum atomic E-state index is 0.210. The van der Waals surface area contributed by atoms with Crippen LogP contribution in [0.4, 0.5) is 5.95 Å². The third-order valence-electron chi connectivity index (χ3n) is 4.49. The van der Waals surface area contributed by atoms with Crippen LogP contribution in [0.25, 0.3) is 0 Å². The maximum atomic E-state index is 5.97. The zero-order valence-corrected chi connectivity index (χ0v) is 13.0. The van der Waals surface area contributed by atoms with Gasteiger partial charge in [0.05, 0.1) is 0 Å². The minimum absolute atomic E-state index is 0.210. The molecule has 0 aliphatic heterocycles. The van der Waals surface area contributed by atoms with Gasteiger partial charge in [-0.15, -0.1) is 0 Å². The van der Waals surface area contributed by atoms with Gasteiger partial charge in [0.2, 0.25) is 5.95 Å². The predicted molar refractivity (Wildman–Crippen MR) is 83.8 cm³/mol. The summed E-state index contributed by atoms with van der Waals surface area (Å²) in [5, 5.41) is 0. The molecule has 0 amide bonds. The Morgan fingerprint density at radius 2 is 2.05 bits per heavy atom. The number of hydrogen-bond acceptors (Lipinski definition) is 4. The van der Waals surface area contributed by atoms with Crippen molar-refractivity contribution < 1.29 is 0 Å². The molecule has 1 fully saturated rings. The van der Waals surface area contributed by atoms with E-state index in [1.165, 1.54) is 25.7 Å². The van der Waals surface area contributed by atoms with Crippen molar-refractivity contribution in [2.75, 3.05) is 11.9 Å². The highest BCUT2D eigenvalue weighted by Crippen LogP contribution is 2.28. The normalized spacial score (nSPS) is 24.4. The van der Waals surface area contributed by atoms with Crippen molar-refractivity contribution in [3.8, 4) is 0 Å². The standard InChI is InChI=1S/C16H28N4/c1-4-14(17)9-13-10-18-16(19-11-13)20(3)15-7-5-6-12(2)8-15/h10-12,14-15H,4-9,17H2,1-3H3. The summed E-state index contributed by atoms with van der Waals surface area (Å²) in [6.07, 6.45) is 10.9. The SMILES string of the molecule is CCC(N)Cc1cnc(N(C)C2CCCC(C)C2)nc1. The maximum Gasteiger partial charge on any atom is 0.225 e. The molecular formula is C16H28N4. The van der Waals surface area contributed by atoms with Crippen LogP contribution in [0.1, 0.15) is 51.5 Å². The van der Waals surface area contributed by atoms with Crippen LogP contribution in [-0.4, -0.2) is 29.1 Å². The number of hydrogen-bond donors (Lipinski definition) is 1. The van der Waals surface area contributed by atoms with Gasteiger partial charge >= 0.3 is 0 Å². The number of nitrogens with zero attached hydrogens (tertiary/aromatic N) is 3. The van der Waals surface area contributed by atoms with E-state index in [0.29, 0.717) is 6.04 Å². The van der Waals surface area contributed by atoms with Crippen molar-refractivity contribution >= 4 is 5.95 Å². The quantitative estimate of drug-likeness (QED) is 0.898. The van der Waals surface area contributed by atoms with Gasteiger partial charge in [0.15, 0.2) is 0 Å². The predicted octanol–water partition coefficient (Wildman–Crippen LogP) is 2.77. The molecule has 112 valence electrons. The Labute approximate surface area is 122 Å². The minimum Gasteiger partial charge on any atom is -0.341 e. The van der Waals surface area contributed by atoms with E-state index in [2.05, 4.69) is 35.8 Å². The van der Waals surface area contributed by atoms with Crippen LogP contribution < -0.4 is 10.6 Å². The lowest BCUT2D eigenvalue weighted by molar-refractivity contribution is 0.334. The summed E-state index contributed by atoms with van der Waals surface area (Å²) in [6, 6.07) is 0.795. The summed E-state index contributed by atoms with van der Waals surface area (Å²) in [6.45, 7) is 4.45. The molecule has 0 bridgehead atoms. The lowest BCUT2D eigenvalue weighted by Gasteiger charge is -2.34. The molecule has 20 heavy (non-hydrogen) atoms. The van der Waals surface area contributed by atoms with Crippen LogP contribution in [0, 0.1) is 5.92 Å². The highest BCUT2D eigenvalue weighted by molar-refractivity contribution is 5.30. The molecule has 0 radical (unpaired) electrons. The smallest absolute Gasteiger partial charge is 0.225 e. The molecule has 1 aromatic heterocycles. The molecule has 4 nitrogen and oxygen atoms in total. The Balaban J connectivity index is 1.98. The molecule has 1 heterocycles. The topological polar surface area (TPSA) is 55.0 Å². The van der Waals surface area contributed by atoms with E-state index in [0.717, 1.165) is 30.3 Å². The number of anilines is 1. The summed E-state index contributed by atoms with van der Waals surface area (Å²) in [4.78, 5) is 11.3. The van der Waals surface area contributed by atoms with Gasteiger partial charge in [0.25, 0.3) is 0 Å². The van der Waals surface area contributed by atoms with Crippen LogP contribution in [0.2, 0.25) is 0 Å². The molecule has 2 N–H and O–H groups in total. The van der Waals surface area contributed by atoms with Crippen molar-refractivity contribution in [3.63, 3.8) is 0 Å². The van der Waals surface area contributed by atoms with Crippen molar-refractivity contribution in [1.82, 2.24) is 9.97 Å². The lowest BCUT2D eigenvalue weighted by atomic mass is 9.86. The van der Waals surface area contributed by atoms with Crippen molar-refractivity contribution in [3.05, 3.63) is 18.0 Å². The molecule has 1 saturated carbocycles. The molecule has 4 heteroatoms. The third kappa shape index (κ3) is 3.92. The molecule has 3 atom stereocenters. The van der Waals surface area contributed by atoms with E-state index < -0.39 is 0 Å². The van der Waals surface area contributed by atoms with Gasteiger partial charge in [-0.05, 0) is 37.2 Å². The molecule has 1 aromatic rings. The van der Waals surface area contributed by atoms with Crippen molar-refractivity contribution in [2.24, 2.45) is 11.7 Å². The summed E-state index contributed by atoms with van der Waals surface area (Å²) in [7, 11) is 2.12. The van der Waals surface area contributed by atoms with E-state index in [4.69, 9.17) is 5.73 Å². The van der Waals surface area contributed by atoms with Crippen LogP contribution >= 0.6 is 0 Å². The molecule has 3 unspecified atom stereocenters. The molecule has 1 aliphatic rings. The Kier molecular flexibility index (Phi) is 5.35. The van der Waals surface area contributed by atoms with Gasteiger partial charge in [0.1, 0.15) is 0 Å². The Morgan fingerprint density at radius 1 is 1.35 bits per heavy atom. The molecule has 0 aromatic carbocycles. The van der Waals surface area contributed by atoms with E-state index in [1.54, 1.807) is 0 Å². The Morgan fingerprint density at radius 3 is 2.65 bits per heavy atom.